The lowest BCUT2D eigenvalue weighted by atomic mass is 9.82. The first-order valence-electron chi connectivity index (χ1n) is 15.3. The van der Waals surface area contributed by atoms with Crippen molar-refractivity contribution >= 4 is 50.3 Å². The minimum Gasteiger partial charge on any atom is -0.465 e. The Bertz CT molecular complexity index is 1730. The average molecular weight is 703 g/mol. The molecule has 0 aliphatic carbocycles. The molecule has 3 rings (SSSR count). The van der Waals surface area contributed by atoms with E-state index in [2.05, 4.69) is 20.9 Å². The van der Waals surface area contributed by atoms with Crippen molar-refractivity contribution in [2.24, 2.45) is 5.41 Å². The fourth-order valence-electron chi connectivity index (χ4n) is 5.26. The first kappa shape index (κ1) is 38.2. The number of anilines is 2. The van der Waals surface area contributed by atoms with Crippen molar-refractivity contribution in [2.75, 3.05) is 24.7 Å². The predicted octanol–water partition coefficient (Wildman–Crippen LogP) is 5.89. The number of hydrogen-bond acceptors (Lipinski definition) is 8. The van der Waals surface area contributed by atoms with Gasteiger partial charge in [-0.2, -0.15) is 0 Å². The number of carboxylic acid groups (broad SMARTS) is 2. The molecular formula is C33H46N6O7S2. The average Bonchev–Trinajstić information content (AvgIpc) is 3.30. The van der Waals surface area contributed by atoms with Gasteiger partial charge in [0.2, 0.25) is 21.7 Å². The lowest BCUT2D eigenvalue weighted by molar-refractivity contribution is -0.114. The van der Waals surface area contributed by atoms with E-state index < -0.39 is 39.0 Å². The summed E-state index contributed by atoms with van der Waals surface area (Å²) in [7, 11) is -0.586. The van der Waals surface area contributed by atoms with Crippen LogP contribution in [-0.2, 0) is 34.1 Å². The van der Waals surface area contributed by atoms with Crippen LogP contribution in [0.5, 0.6) is 0 Å². The van der Waals surface area contributed by atoms with Crippen molar-refractivity contribution < 1.29 is 33.0 Å². The lowest BCUT2D eigenvalue weighted by Crippen LogP contribution is -2.76. The van der Waals surface area contributed by atoms with Crippen molar-refractivity contribution in [1.82, 2.24) is 19.5 Å². The Hall–Kier alpha value is -4.21. The number of amides is 3. The molecule has 262 valence electrons. The maximum absolute atomic E-state index is 12.6. The normalized spacial score (nSPS) is 13.5. The standard InChI is InChI=1S/C33H46N6O7S2/c1-21(40)34-28-35-26(27(47-28)20-23-12-17-25(18-13-23)48(45,46)38(8)9)19-14-22-10-15-24(16-11-22)36-33(31(2,3)4,37-29(41)42)39(30(43)44)32(5,6)7/h10-13,15-18,36-37H,14,19-20H2,1-9H3,(H,41,42)(H,43,44)(H,34,35,40). The minimum atomic E-state index is -3.55. The van der Waals surface area contributed by atoms with E-state index in [1.54, 1.807) is 77.9 Å². The lowest BCUT2D eigenvalue weighted by Gasteiger charge is -2.55. The van der Waals surface area contributed by atoms with Gasteiger partial charge >= 0.3 is 12.2 Å². The molecule has 5 N–H and O–H groups in total. The summed E-state index contributed by atoms with van der Waals surface area (Å²) in [4.78, 5) is 43.3. The van der Waals surface area contributed by atoms with Gasteiger partial charge in [0.05, 0.1) is 10.6 Å². The topological polar surface area (TPSA) is 181 Å². The molecular weight excluding hydrogens is 657 g/mol. The Kier molecular flexibility index (Phi) is 11.6. The van der Waals surface area contributed by atoms with Crippen LogP contribution in [0.3, 0.4) is 0 Å². The van der Waals surface area contributed by atoms with Crippen molar-refractivity contribution in [1.29, 1.82) is 0 Å². The molecule has 15 heteroatoms. The number of thiazole rings is 1. The summed E-state index contributed by atoms with van der Waals surface area (Å²) in [5.41, 5.74) is 1.27. The monoisotopic (exact) mass is 702 g/mol. The van der Waals surface area contributed by atoms with Gasteiger partial charge < -0.3 is 20.8 Å². The van der Waals surface area contributed by atoms with Crippen LogP contribution in [0.4, 0.5) is 20.4 Å². The molecule has 0 saturated carbocycles. The van der Waals surface area contributed by atoms with E-state index in [4.69, 9.17) is 0 Å². The maximum Gasteiger partial charge on any atom is 0.411 e. The smallest absolute Gasteiger partial charge is 0.411 e. The van der Waals surface area contributed by atoms with E-state index in [1.165, 1.54) is 32.4 Å². The Labute approximate surface area is 286 Å². The largest absolute Gasteiger partial charge is 0.465 e. The molecule has 3 aromatic rings. The summed E-state index contributed by atoms with van der Waals surface area (Å²) < 4.78 is 26.1. The van der Waals surface area contributed by atoms with Crippen LogP contribution in [0.25, 0.3) is 0 Å². The zero-order valence-corrected chi connectivity index (χ0v) is 30.5. The fraction of sp³-hybridized carbons (Fsp3) is 0.455. The quantitative estimate of drug-likeness (QED) is 0.144. The molecule has 1 atom stereocenters. The minimum absolute atomic E-state index is 0.199. The third kappa shape index (κ3) is 9.02. The first-order chi connectivity index (χ1) is 22.1. The highest BCUT2D eigenvalue weighted by Gasteiger charge is 2.54. The SMILES string of the molecule is CC(=O)Nc1nc(CCc2ccc(NC(NC(=O)O)(N(C(=O)O)C(C)(C)C)C(C)(C)C)cc2)c(Cc2ccc(S(=O)(=O)N(C)C)cc2)s1. The highest BCUT2D eigenvalue weighted by molar-refractivity contribution is 7.89. The summed E-state index contributed by atoms with van der Waals surface area (Å²) >= 11 is 1.37. The number of nitrogens with one attached hydrogen (secondary N) is 3. The van der Waals surface area contributed by atoms with Crippen LogP contribution in [0.1, 0.15) is 70.2 Å². The molecule has 0 aliphatic rings. The molecule has 13 nitrogen and oxygen atoms in total. The number of benzene rings is 2. The molecule has 3 amide bonds. The Morgan fingerprint density at radius 3 is 1.90 bits per heavy atom. The van der Waals surface area contributed by atoms with E-state index in [9.17, 15) is 33.0 Å². The van der Waals surface area contributed by atoms with Gasteiger partial charge in [0.15, 0.2) is 5.13 Å². The molecule has 0 radical (unpaired) electrons. The van der Waals surface area contributed by atoms with E-state index in [0.29, 0.717) is 30.1 Å². The number of sulfonamides is 1. The molecule has 0 fully saturated rings. The van der Waals surface area contributed by atoms with E-state index in [0.717, 1.165) is 30.9 Å². The van der Waals surface area contributed by atoms with Crippen molar-refractivity contribution in [3.63, 3.8) is 0 Å². The number of aromatic nitrogens is 1. The highest BCUT2D eigenvalue weighted by atomic mass is 32.2. The molecule has 1 unspecified atom stereocenters. The Morgan fingerprint density at radius 2 is 1.44 bits per heavy atom. The van der Waals surface area contributed by atoms with Crippen LogP contribution >= 0.6 is 11.3 Å². The third-order valence-electron chi connectivity index (χ3n) is 7.63. The third-order valence-corrected chi connectivity index (χ3v) is 10.5. The summed E-state index contributed by atoms with van der Waals surface area (Å²) in [5, 5.41) is 29.0. The number of carbonyl (C=O) groups is 3. The van der Waals surface area contributed by atoms with Gasteiger partial charge in [-0.15, -0.1) is 11.3 Å². The Balaban J connectivity index is 1.87. The number of rotatable bonds is 12. The van der Waals surface area contributed by atoms with Crippen LogP contribution < -0.4 is 16.0 Å². The van der Waals surface area contributed by atoms with Crippen LogP contribution in [0, 0.1) is 5.41 Å². The number of aryl methyl sites for hydroxylation is 2. The van der Waals surface area contributed by atoms with Crippen LogP contribution in [-0.4, -0.2) is 76.3 Å². The second kappa shape index (κ2) is 14.5. The van der Waals surface area contributed by atoms with Gasteiger partial charge in [-0.05, 0) is 69.0 Å². The molecule has 48 heavy (non-hydrogen) atoms. The van der Waals surface area contributed by atoms with Crippen molar-refractivity contribution in [3.8, 4) is 0 Å². The Morgan fingerprint density at radius 1 is 0.875 bits per heavy atom. The summed E-state index contributed by atoms with van der Waals surface area (Å²) in [6.45, 7) is 11.8. The van der Waals surface area contributed by atoms with E-state index in [-0.39, 0.29) is 10.8 Å². The number of nitrogens with zero attached hydrogens (tertiary/aromatic N) is 3. The molecule has 0 spiro atoms. The fourth-order valence-corrected chi connectivity index (χ4v) is 7.25. The zero-order chi connectivity index (χ0) is 36.2. The van der Waals surface area contributed by atoms with Crippen LogP contribution in [0.15, 0.2) is 53.4 Å². The van der Waals surface area contributed by atoms with Crippen molar-refractivity contribution in [2.45, 2.75) is 83.9 Å². The number of carbonyl (C=O) groups excluding carboxylic acids is 1. The van der Waals surface area contributed by atoms with Gasteiger partial charge in [-0.25, -0.2) is 27.3 Å². The van der Waals surface area contributed by atoms with Gasteiger partial charge in [0, 0.05) is 49.0 Å². The van der Waals surface area contributed by atoms with Gasteiger partial charge in [-0.1, -0.05) is 45.0 Å². The number of hydrogen-bond donors (Lipinski definition) is 5. The molecule has 2 aromatic carbocycles. The summed E-state index contributed by atoms with van der Waals surface area (Å²) in [6, 6.07) is 14.0. The molecule has 0 aliphatic heterocycles. The maximum atomic E-state index is 12.6. The van der Waals surface area contributed by atoms with Gasteiger partial charge in [0.1, 0.15) is 0 Å². The van der Waals surface area contributed by atoms with Crippen molar-refractivity contribution in [3.05, 3.63) is 70.2 Å². The van der Waals surface area contributed by atoms with Crippen LogP contribution in [0.2, 0.25) is 0 Å². The molecule has 1 aromatic heterocycles. The van der Waals surface area contributed by atoms with E-state index >= 15 is 0 Å². The molecule has 1 heterocycles. The summed E-state index contributed by atoms with van der Waals surface area (Å²) in [5.74, 6) is -1.96. The first-order valence-corrected chi connectivity index (χ1v) is 17.5. The summed E-state index contributed by atoms with van der Waals surface area (Å²) in [6.07, 6.45) is -1.03. The zero-order valence-electron chi connectivity index (χ0n) is 28.8. The predicted molar refractivity (Wildman–Crippen MR) is 187 cm³/mol. The second-order valence-corrected chi connectivity index (χ2v) is 16.9. The van der Waals surface area contributed by atoms with Gasteiger partial charge in [-0.3, -0.25) is 15.0 Å². The molecule has 0 saturated heterocycles. The second-order valence-electron chi connectivity index (χ2n) is 13.7. The highest BCUT2D eigenvalue weighted by Crippen LogP contribution is 2.39. The van der Waals surface area contributed by atoms with Gasteiger partial charge in [0.25, 0.3) is 0 Å². The van der Waals surface area contributed by atoms with E-state index in [1.807, 2.05) is 12.1 Å². The molecule has 0 bridgehead atoms.